The summed E-state index contributed by atoms with van der Waals surface area (Å²) in [6.07, 6.45) is 2.07. The highest BCUT2D eigenvalue weighted by atomic mass is 16.5. The molecular weight excluding hydrogens is 192 g/mol. The topological polar surface area (TPSA) is 41.6 Å². The molecule has 0 aromatic rings. The van der Waals surface area contributed by atoms with Gasteiger partial charge in [0, 0.05) is 19.7 Å². The fourth-order valence-electron chi connectivity index (χ4n) is 2.25. The summed E-state index contributed by atoms with van der Waals surface area (Å²) in [6, 6.07) is 0.232. The molecule has 0 spiro atoms. The minimum absolute atomic E-state index is 0.0867. The van der Waals surface area contributed by atoms with Gasteiger partial charge in [-0.25, -0.2) is 0 Å². The second-order valence-electron chi connectivity index (χ2n) is 4.15. The number of nitrogens with zero attached hydrogens (tertiary/aromatic N) is 1. The number of hydrogen-bond acceptors (Lipinski definition) is 3. The van der Waals surface area contributed by atoms with Crippen LogP contribution in [0, 0.1) is 5.92 Å². The van der Waals surface area contributed by atoms with Crippen LogP contribution in [0.25, 0.3) is 0 Å². The van der Waals surface area contributed by atoms with Crippen LogP contribution in [-0.4, -0.2) is 50.7 Å². The summed E-state index contributed by atoms with van der Waals surface area (Å²) in [5, 5.41) is 2.90. The van der Waals surface area contributed by atoms with E-state index in [9.17, 15) is 4.79 Å². The summed E-state index contributed by atoms with van der Waals surface area (Å²) in [7, 11) is 3.76. The van der Waals surface area contributed by atoms with Crippen molar-refractivity contribution < 1.29 is 9.53 Å². The highest BCUT2D eigenvalue weighted by Crippen LogP contribution is 2.22. The quantitative estimate of drug-likeness (QED) is 0.740. The van der Waals surface area contributed by atoms with Crippen LogP contribution in [-0.2, 0) is 9.53 Å². The lowest BCUT2D eigenvalue weighted by Gasteiger charge is -2.37. The molecule has 15 heavy (non-hydrogen) atoms. The van der Waals surface area contributed by atoms with E-state index in [2.05, 4.69) is 17.3 Å². The van der Waals surface area contributed by atoms with E-state index in [0.29, 0.717) is 13.2 Å². The van der Waals surface area contributed by atoms with E-state index in [1.807, 2.05) is 6.92 Å². The van der Waals surface area contributed by atoms with E-state index in [-0.39, 0.29) is 17.9 Å². The molecule has 0 saturated carbocycles. The van der Waals surface area contributed by atoms with Gasteiger partial charge in [-0.15, -0.1) is 0 Å². The molecule has 1 aliphatic heterocycles. The number of likely N-dealkylation sites (N-methyl/N-ethyl adjacent to an activating group) is 1. The number of ether oxygens (including phenoxy) is 1. The third-order valence-corrected chi connectivity index (χ3v) is 3.08. The van der Waals surface area contributed by atoms with Crippen molar-refractivity contribution >= 4 is 5.91 Å². The van der Waals surface area contributed by atoms with Crippen molar-refractivity contribution in [3.05, 3.63) is 0 Å². The highest BCUT2D eigenvalue weighted by Gasteiger charge is 2.33. The number of likely N-dealkylation sites (tertiary alicyclic amines) is 1. The zero-order valence-electron chi connectivity index (χ0n) is 9.95. The summed E-state index contributed by atoms with van der Waals surface area (Å²) in [5.41, 5.74) is 0. The van der Waals surface area contributed by atoms with Crippen molar-refractivity contribution in [2.45, 2.75) is 25.8 Å². The highest BCUT2D eigenvalue weighted by molar-refractivity contribution is 5.79. The molecule has 1 amide bonds. The lowest BCUT2D eigenvalue weighted by molar-refractivity contribution is -0.129. The first-order chi connectivity index (χ1) is 7.20. The third-order valence-electron chi connectivity index (χ3n) is 3.08. The van der Waals surface area contributed by atoms with E-state index < -0.39 is 0 Å². The molecule has 0 aliphatic carbocycles. The minimum atomic E-state index is 0.0867. The van der Waals surface area contributed by atoms with Crippen LogP contribution in [0.1, 0.15) is 19.8 Å². The molecule has 1 N–H and O–H groups in total. The Hall–Kier alpha value is -0.610. The van der Waals surface area contributed by atoms with Gasteiger partial charge in [-0.3, -0.25) is 4.79 Å². The Bertz CT molecular complexity index is 209. The van der Waals surface area contributed by atoms with Gasteiger partial charge in [0.1, 0.15) is 0 Å². The largest absolute Gasteiger partial charge is 0.383 e. The van der Waals surface area contributed by atoms with Crippen LogP contribution in [0.2, 0.25) is 0 Å². The van der Waals surface area contributed by atoms with E-state index in [1.54, 1.807) is 7.11 Å². The molecule has 4 heteroatoms. The second-order valence-corrected chi connectivity index (χ2v) is 4.15. The summed E-state index contributed by atoms with van der Waals surface area (Å²) in [5.74, 6) is 0.259. The average molecular weight is 214 g/mol. The Morgan fingerprint density at radius 1 is 1.60 bits per heavy atom. The molecule has 0 radical (unpaired) electrons. The normalized spacial score (nSPS) is 27.7. The standard InChI is InChI=1S/C11H22N2O2/c1-4-12-11(14)9-6-5-7-13(2)10(9)8-15-3/h9-10H,4-8H2,1-3H3,(H,12,14)/t9-,10-/m1/s1. The number of nitrogens with one attached hydrogen (secondary N) is 1. The molecule has 1 aliphatic rings. The van der Waals surface area contributed by atoms with Crippen molar-refractivity contribution in [1.82, 2.24) is 10.2 Å². The number of piperidine rings is 1. The van der Waals surface area contributed by atoms with Crippen molar-refractivity contribution in [1.29, 1.82) is 0 Å². The van der Waals surface area contributed by atoms with Crippen molar-refractivity contribution in [2.75, 3.05) is 33.9 Å². The minimum Gasteiger partial charge on any atom is -0.383 e. The van der Waals surface area contributed by atoms with Crippen LogP contribution >= 0.6 is 0 Å². The zero-order chi connectivity index (χ0) is 11.3. The van der Waals surface area contributed by atoms with Gasteiger partial charge in [0.2, 0.25) is 5.91 Å². The maximum absolute atomic E-state index is 11.8. The summed E-state index contributed by atoms with van der Waals surface area (Å²) in [6.45, 7) is 4.36. The van der Waals surface area contributed by atoms with E-state index in [0.717, 1.165) is 19.4 Å². The Morgan fingerprint density at radius 2 is 2.33 bits per heavy atom. The molecule has 1 saturated heterocycles. The molecule has 2 atom stereocenters. The van der Waals surface area contributed by atoms with Gasteiger partial charge in [-0.2, -0.15) is 0 Å². The van der Waals surface area contributed by atoms with Gasteiger partial charge in [0.15, 0.2) is 0 Å². The van der Waals surface area contributed by atoms with E-state index >= 15 is 0 Å². The van der Waals surface area contributed by atoms with Gasteiger partial charge in [-0.05, 0) is 33.4 Å². The first kappa shape index (κ1) is 12.5. The Labute approximate surface area is 92.0 Å². The summed E-state index contributed by atoms with van der Waals surface area (Å²) in [4.78, 5) is 14.1. The van der Waals surface area contributed by atoms with Gasteiger partial charge >= 0.3 is 0 Å². The number of carbonyl (C=O) groups excluding carboxylic acids is 1. The Morgan fingerprint density at radius 3 is 2.93 bits per heavy atom. The van der Waals surface area contributed by atoms with Crippen molar-refractivity contribution in [3.8, 4) is 0 Å². The smallest absolute Gasteiger partial charge is 0.224 e. The molecule has 0 bridgehead atoms. The van der Waals surface area contributed by atoms with Crippen LogP contribution < -0.4 is 5.32 Å². The van der Waals surface area contributed by atoms with Crippen LogP contribution in [0.4, 0.5) is 0 Å². The SMILES string of the molecule is CCNC(=O)[C@@H]1CCCN(C)[C@@H]1COC. The first-order valence-corrected chi connectivity index (χ1v) is 5.67. The maximum Gasteiger partial charge on any atom is 0.224 e. The van der Waals surface area contributed by atoms with Gasteiger partial charge in [-0.1, -0.05) is 0 Å². The predicted molar refractivity (Wildman–Crippen MR) is 59.7 cm³/mol. The molecule has 1 rings (SSSR count). The molecule has 0 unspecified atom stereocenters. The third kappa shape index (κ3) is 3.18. The monoisotopic (exact) mass is 214 g/mol. The van der Waals surface area contributed by atoms with E-state index in [1.165, 1.54) is 0 Å². The molecule has 1 heterocycles. The van der Waals surface area contributed by atoms with Gasteiger partial charge in [0.25, 0.3) is 0 Å². The maximum atomic E-state index is 11.8. The lowest BCUT2D eigenvalue weighted by Crippen LogP contribution is -2.51. The van der Waals surface area contributed by atoms with Crippen LogP contribution in [0.3, 0.4) is 0 Å². The number of carbonyl (C=O) groups is 1. The number of hydrogen-bond donors (Lipinski definition) is 1. The molecule has 0 aromatic heterocycles. The summed E-state index contributed by atoms with van der Waals surface area (Å²) < 4.78 is 5.19. The fraction of sp³-hybridized carbons (Fsp3) is 0.909. The van der Waals surface area contributed by atoms with Gasteiger partial charge < -0.3 is 15.0 Å². The molecule has 4 nitrogen and oxygen atoms in total. The summed E-state index contributed by atoms with van der Waals surface area (Å²) >= 11 is 0. The molecule has 88 valence electrons. The number of methoxy groups -OCH3 is 1. The van der Waals surface area contributed by atoms with Crippen molar-refractivity contribution in [2.24, 2.45) is 5.92 Å². The van der Waals surface area contributed by atoms with Crippen molar-refractivity contribution in [3.63, 3.8) is 0 Å². The number of rotatable bonds is 4. The number of amides is 1. The van der Waals surface area contributed by atoms with Crippen LogP contribution in [0.5, 0.6) is 0 Å². The zero-order valence-corrected chi connectivity index (χ0v) is 9.95. The molecule has 1 fully saturated rings. The van der Waals surface area contributed by atoms with Gasteiger partial charge in [0.05, 0.1) is 12.5 Å². The average Bonchev–Trinajstić information content (AvgIpc) is 2.21. The molecule has 0 aromatic carbocycles. The molecular formula is C11H22N2O2. The Balaban J connectivity index is 2.61. The predicted octanol–water partition coefficient (Wildman–Crippen LogP) is 0.479. The van der Waals surface area contributed by atoms with Crippen LogP contribution in [0.15, 0.2) is 0 Å². The first-order valence-electron chi connectivity index (χ1n) is 5.67. The second kappa shape index (κ2) is 6.08. The van der Waals surface area contributed by atoms with E-state index in [4.69, 9.17) is 4.74 Å². The fourth-order valence-corrected chi connectivity index (χ4v) is 2.25. The lowest BCUT2D eigenvalue weighted by atomic mass is 9.89. The Kier molecular flexibility index (Phi) is 5.05.